The van der Waals surface area contributed by atoms with Crippen LogP contribution in [0.25, 0.3) is 0 Å². The van der Waals surface area contributed by atoms with E-state index in [1.54, 1.807) is 0 Å². The van der Waals surface area contributed by atoms with Gasteiger partial charge >= 0.3 is 21.1 Å². The third-order valence-corrected chi connectivity index (χ3v) is 6.97. The summed E-state index contributed by atoms with van der Waals surface area (Å²) >= 11 is 0. The first kappa shape index (κ1) is 27.3. The Morgan fingerprint density at radius 2 is 1.57 bits per heavy atom. The summed E-state index contributed by atoms with van der Waals surface area (Å²) in [5.74, 6) is 1.32. The number of rotatable bonds is 4. The van der Waals surface area contributed by atoms with Crippen molar-refractivity contribution in [3.05, 3.63) is 104 Å². The average molecular weight is 674 g/mol. The molecule has 0 unspecified atom stereocenters. The molecule has 5 rings (SSSR count). The summed E-state index contributed by atoms with van der Waals surface area (Å²) in [6.45, 7) is 15.3. The van der Waals surface area contributed by atoms with Gasteiger partial charge in [-0.25, -0.2) is 0 Å². The molecular weight excluding hydrogens is 639 g/mol. The molecule has 6 heteroatoms. The van der Waals surface area contributed by atoms with Gasteiger partial charge in [0.1, 0.15) is 0 Å². The average Bonchev–Trinajstić information content (AvgIpc) is 3.27. The second-order valence-electron chi connectivity index (χ2n) is 11.0. The molecule has 0 aromatic heterocycles. The van der Waals surface area contributed by atoms with Gasteiger partial charge in [-0.05, 0) is 57.4 Å². The molecule has 2 aliphatic rings. The van der Waals surface area contributed by atoms with Crippen molar-refractivity contribution in [2.75, 3.05) is 23.9 Å². The maximum Gasteiger partial charge on any atom is 4.00 e. The molecule has 0 N–H and O–H groups in total. The molecule has 0 atom stereocenters. The quantitative estimate of drug-likeness (QED) is 0.274. The minimum absolute atomic E-state index is 0. The van der Waals surface area contributed by atoms with Gasteiger partial charge < -0.3 is 24.3 Å². The van der Waals surface area contributed by atoms with Crippen LogP contribution >= 0.6 is 0 Å². The second kappa shape index (κ2) is 10.2. The number of fused-ring (bicyclic) bond motifs is 1. The van der Waals surface area contributed by atoms with Crippen LogP contribution in [0.5, 0.6) is 11.5 Å². The zero-order valence-corrected chi connectivity index (χ0v) is 24.8. The van der Waals surface area contributed by atoms with Gasteiger partial charge in [-0.15, -0.1) is 53.3 Å². The number of hydrogen-bond donors (Lipinski definition) is 0. The van der Waals surface area contributed by atoms with E-state index in [9.17, 15) is 0 Å². The predicted molar refractivity (Wildman–Crippen MR) is 147 cm³/mol. The van der Waals surface area contributed by atoms with E-state index in [2.05, 4.69) is 107 Å². The van der Waals surface area contributed by atoms with Crippen LogP contribution in [-0.4, -0.2) is 23.9 Å². The molecule has 0 fully saturated rings. The van der Waals surface area contributed by atoms with E-state index < -0.39 is 0 Å². The normalized spacial score (nSPS) is 17.0. The summed E-state index contributed by atoms with van der Waals surface area (Å²) in [5, 5.41) is 0. The van der Waals surface area contributed by atoms with Crippen molar-refractivity contribution in [2.45, 2.75) is 45.6 Å². The Hall–Kier alpha value is -2.75. The first-order valence-electron chi connectivity index (χ1n) is 12.3. The van der Waals surface area contributed by atoms with E-state index in [0.29, 0.717) is 11.5 Å². The fourth-order valence-electron chi connectivity index (χ4n) is 4.47. The molecule has 0 bridgehead atoms. The van der Waals surface area contributed by atoms with Crippen molar-refractivity contribution in [1.82, 2.24) is 9.80 Å². The molecule has 3 aromatic rings. The molecule has 0 radical (unpaired) electrons. The number of ether oxygens (including phenoxy) is 1. The SMILES string of the molecule is CN1C=CN(c2[c-]c(Oc3[c-]c(N4[CH-]N(C)C(C)(C)c5ccccc54)cc(C(C)(C)C)c3)ccc2)[CH-]1.[Pt+4]. The van der Waals surface area contributed by atoms with Gasteiger partial charge in [-0.2, -0.15) is 19.4 Å². The Morgan fingerprint density at radius 1 is 0.838 bits per heavy atom. The van der Waals surface area contributed by atoms with Gasteiger partial charge in [0.05, 0.1) is 0 Å². The largest absolute Gasteiger partial charge is 4.00 e. The van der Waals surface area contributed by atoms with Crippen molar-refractivity contribution in [3.63, 3.8) is 0 Å². The molecule has 3 aromatic carbocycles. The molecule has 0 spiro atoms. The van der Waals surface area contributed by atoms with Crippen LogP contribution in [-0.2, 0) is 32.0 Å². The topological polar surface area (TPSA) is 22.2 Å². The van der Waals surface area contributed by atoms with Gasteiger partial charge in [-0.1, -0.05) is 39.0 Å². The van der Waals surface area contributed by atoms with Gasteiger partial charge in [-0.3, -0.25) is 0 Å². The molecule has 0 saturated heterocycles. The van der Waals surface area contributed by atoms with E-state index >= 15 is 0 Å². The van der Waals surface area contributed by atoms with Crippen molar-refractivity contribution in [3.8, 4) is 11.5 Å². The van der Waals surface area contributed by atoms with Crippen LogP contribution in [0, 0.1) is 25.5 Å². The maximum absolute atomic E-state index is 6.38. The number of hydrogen-bond acceptors (Lipinski definition) is 5. The maximum atomic E-state index is 6.38. The number of para-hydroxylation sites is 1. The summed E-state index contributed by atoms with van der Waals surface area (Å²) in [6, 6.07) is 25.8. The Balaban J connectivity index is 0.00000320. The molecule has 0 aliphatic carbocycles. The molecule has 5 nitrogen and oxygen atoms in total. The van der Waals surface area contributed by atoms with Gasteiger partial charge in [0.25, 0.3) is 0 Å². The molecule has 37 heavy (non-hydrogen) atoms. The predicted octanol–water partition coefficient (Wildman–Crippen LogP) is 7.15. The minimum Gasteiger partial charge on any atom is -0.510 e. The number of anilines is 3. The van der Waals surface area contributed by atoms with Crippen molar-refractivity contribution < 1.29 is 25.8 Å². The van der Waals surface area contributed by atoms with Crippen LogP contribution in [0.2, 0.25) is 0 Å². The van der Waals surface area contributed by atoms with Gasteiger partial charge in [0.2, 0.25) is 0 Å². The first-order valence-corrected chi connectivity index (χ1v) is 12.3. The molecule has 194 valence electrons. The molecule has 0 amide bonds. The first-order chi connectivity index (χ1) is 17.0. The zero-order valence-electron chi connectivity index (χ0n) is 22.5. The molecular formula is C31H34N4OPt. The minimum atomic E-state index is -0.113. The van der Waals surface area contributed by atoms with Gasteiger partial charge in [0, 0.05) is 22.7 Å². The zero-order chi connectivity index (χ0) is 25.7. The van der Waals surface area contributed by atoms with E-state index in [1.165, 1.54) is 11.1 Å². The van der Waals surface area contributed by atoms with Crippen LogP contribution in [0.4, 0.5) is 17.1 Å². The van der Waals surface area contributed by atoms with E-state index in [4.69, 9.17) is 4.74 Å². The Morgan fingerprint density at radius 3 is 2.27 bits per heavy atom. The van der Waals surface area contributed by atoms with Crippen molar-refractivity contribution >= 4 is 17.1 Å². The third-order valence-electron chi connectivity index (χ3n) is 6.97. The van der Waals surface area contributed by atoms with Gasteiger partial charge in [0.15, 0.2) is 0 Å². The Labute approximate surface area is 236 Å². The summed E-state index contributed by atoms with van der Waals surface area (Å²) in [4.78, 5) is 8.48. The third kappa shape index (κ3) is 5.44. The summed E-state index contributed by atoms with van der Waals surface area (Å²) in [6.07, 6.45) is 4.00. The Bertz CT molecular complexity index is 1300. The van der Waals surface area contributed by atoms with Crippen LogP contribution in [0.1, 0.15) is 45.7 Å². The van der Waals surface area contributed by atoms with E-state index in [0.717, 1.165) is 17.1 Å². The number of benzene rings is 3. The van der Waals surface area contributed by atoms with Crippen LogP contribution < -0.4 is 14.5 Å². The molecule has 0 saturated carbocycles. The number of nitrogens with zero attached hydrogens (tertiary/aromatic N) is 4. The fraction of sp³-hybridized carbons (Fsp3) is 0.290. The van der Waals surface area contributed by atoms with Crippen LogP contribution in [0.15, 0.2) is 67.0 Å². The summed E-state index contributed by atoms with van der Waals surface area (Å²) in [7, 11) is 4.12. The van der Waals surface area contributed by atoms with Crippen molar-refractivity contribution in [1.29, 1.82) is 0 Å². The van der Waals surface area contributed by atoms with Crippen molar-refractivity contribution in [2.24, 2.45) is 0 Å². The summed E-state index contributed by atoms with van der Waals surface area (Å²) < 4.78 is 6.38. The second-order valence-corrected chi connectivity index (χ2v) is 11.0. The summed E-state index contributed by atoms with van der Waals surface area (Å²) in [5.41, 5.74) is 5.30. The molecule has 2 heterocycles. The smallest absolute Gasteiger partial charge is 0.510 e. The monoisotopic (exact) mass is 673 g/mol. The van der Waals surface area contributed by atoms with E-state index in [1.807, 2.05) is 54.1 Å². The Kier molecular flexibility index (Phi) is 7.52. The van der Waals surface area contributed by atoms with Crippen LogP contribution in [0.3, 0.4) is 0 Å². The fourth-order valence-corrected chi connectivity index (χ4v) is 4.47. The molecule has 2 aliphatic heterocycles. The standard InChI is InChI=1S/C31H34N4O.Pt/c1-30(2,3)23-17-25(35-22-33(7)31(4,5)28-13-8-9-14-29(28)35)20-27(18-23)36-26-12-10-11-24(19-26)34-16-15-32(6)21-34;/h8-18,21-22H,1-7H3;/q-4;+4. The van der Waals surface area contributed by atoms with E-state index in [-0.39, 0.29) is 32.0 Å².